The molecule has 0 atom stereocenters. The zero-order valence-corrected chi connectivity index (χ0v) is 14.0. The van der Waals surface area contributed by atoms with Gasteiger partial charge in [0.1, 0.15) is 0 Å². The molecule has 2 aromatic carbocycles. The molecule has 4 heteroatoms. The highest BCUT2D eigenvalue weighted by atomic mass is 16.7. The Morgan fingerprint density at radius 2 is 1.42 bits per heavy atom. The summed E-state index contributed by atoms with van der Waals surface area (Å²) in [7, 11) is 3.20. The minimum absolute atomic E-state index is 0.321. The van der Waals surface area contributed by atoms with E-state index in [0.717, 1.165) is 16.7 Å². The molecule has 0 fully saturated rings. The van der Waals surface area contributed by atoms with Crippen LogP contribution in [-0.4, -0.2) is 26.8 Å². The molecule has 124 valence electrons. The van der Waals surface area contributed by atoms with Gasteiger partial charge >= 0.3 is 5.97 Å². The molecule has 0 heterocycles. The highest BCUT2D eigenvalue weighted by Gasteiger charge is 2.07. The van der Waals surface area contributed by atoms with E-state index < -0.39 is 0 Å². The van der Waals surface area contributed by atoms with Crippen molar-refractivity contribution in [2.75, 3.05) is 20.8 Å². The summed E-state index contributed by atoms with van der Waals surface area (Å²) in [4.78, 5) is 11.6. The first kappa shape index (κ1) is 17.7. The maximum Gasteiger partial charge on any atom is 0.338 e. The number of esters is 1. The van der Waals surface area contributed by atoms with Crippen molar-refractivity contribution in [1.82, 2.24) is 0 Å². The monoisotopic (exact) mass is 324 g/mol. The molecule has 2 rings (SSSR count). The molecule has 0 aliphatic heterocycles. The van der Waals surface area contributed by atoms with Crippen LogP contribution in [0, 0.1) is 11.8 Å². The zero-order valence-electron chi connectivity index (χ0n) is 14.0. The smallest absolute Gasteiger partial charge is 0.338 e. The molecule has 2 aromatic rings. The Labute approximate surface area is 142 Å². The number of hydrogen-bond acceptors (Lipinski definition) is 4. The van der Waals surface area contributed by atoms with Gasteiger partial charge in [-0.3, -0.25) is 0 Å². The van der Waals surface area contributed by atoms with Gasteiger partial charge < -0.3 is 14.2 Å². The van der Waals surface area contributed by atoms with Gasteiger partial charge in [0.2, 0.25) is 0 Å². The van der Waals surface area contributed by atoms with Gasteiger partial charge in [-0.1, -0.05) is 24.0 Å². The van der Waals surface area contributed by atoms with Crippen molar-refractivity contribution in [1.29, 1.82) is 0 Å². The third-order valence-electron chi connectivity index (χ3n) is 3.36. The van der Waals surface area contributed by atoms with Gasteiger partial charge in [0.25, 0.3) is 0 Å². The van der Waals surface area contributed by atoms with Crippen LogP contribution in [0.2, 0.25) is 0 Å². The third-order valence-corrected chi connectivity index (χ3v) is 3.36. The Balaban J connectivity index is 2.08. The molecule has 0 saturated heterocycles. The number of ether oxygens (including phenoxy) is 3. The van der Waals surface area contributed by atoms with Gasteiger partial charge in [0.15, 0.2) is 6.29 Å². The molecule has 0 aliphatic rings. The van der Waals surface area contributed by atoms with E-state index in [9.17, 15) is 4.79 Å². The molecule has 0 unspecified atom stereocenters. The summed E-state index contributed by atoms with van der Waals surface area (Å²) in [6.45, 7) is 2.15. The first-order chi connectivity index (χ1) is 11.7. The van der Waals surface area contributed by atoms with Gasteiger partial charge in [0.05, 0.1) is 12.2 Å². The summed E-state index contributed by atoms with van der Waals surface area (Å²) >= 11 is 0. The summed E-state index contributed by atoms with van der Waals surface area (Å²) < 4.78 is 15.4. The fourth-order valence-corrected chi connectivity index (χ4v) is 2.14. The molecule has 0 spiro atoms. The Kier molecular flexibility index (Phi) is 6.56. The lowest BCUT2D eigenvalue weighted by atomic mass is 10.1. The largest absolute Gasteiger partial charge is 0.462 e. The van der Waals surface area contributed by atoms with E-state index in [-0.39, 0.29) is 12.3 Å². The fraction of sp³-hybridized carbons (Fsp3) is 0.250. The molecule has 0 aliphatic carbocycles. The maximum absolute atomic E-state index is 11.6. The number of benzene rings is 2. The quantitative estimate of drug-likeness (QED) is 0.479. The molecule has 0 saturated carbocycles. The minimum atomic E-state index is -0.373. The summed E-state index contributed by atoms with van der Waals surface area (Å²) in [6, 6.07) is 14.7. The van der Waals surface area contributed by atoms with E-state index in [2.05, 4.69) is 11.8 Å². The maximum atomic E-state index is 11.6. The van der Waals surface area contributed by atoms with Crippen LogP contribution < -0.4 is 0 Å². The van der Waals surface area contributed by atoms with E-state index in [1.807, 2.05) is 24.3 Å². The Bertz CT molecular complexity index is 717. The molecule has 24 heavy (non-hydrogen) atoms. The van der Waals surface area contributed by atoms with Crippen molar-refractivity contribution in [3.63, 3.8) is 0 Å². The van der Waals surface area contributed by atoms with Crippen LogP contribution in [0.3, 0.4) is 0 Å². The van der Waals surface area contributed by atoms with Crippen LogP contribution in [0.25, 0.3) is 0 Å². The Morgan fingerprint density at radius 3 is 1.88 bits per heavy atom. The molecule has 0 radical (unpaired) electrons. The van der Waals surface area contributed by atoms with Crippen LogP contribution in [0.5, 0.6) is 0 Å². The lowest BCUT2D eigenvalue weighted by molar-refractivity contribution is -0.106. The molecule has 0 aromatic heterocycles. The van der Waals surface area contributed by atoms with Gasteiger partial charge in [-0.15, -0.1) is 0 Å². The zero-order chi connectivity index (χ0) is 17.4. The van der Waals surface area contributed by atoms with E-state index >= 15 is 0 Å². The fourth-order valence-electron chi connectivity index (χ4n) is 2.14. The number of rotatable bonds is 5. The van der Waals surface area contributed by atoms with E-state index in [0.29, 0.717) is 12.2 Å². The molecule has 4 nitrogen and oxygen atoms in total. The average molecular weight is 324 g/mol. The van der Waals surface area contributed by atoms with Gasteiger partial charge in [0, 0.05) is 30.9 Å². The highest BCUT2D eigenvalue weighted by molar-refractivity contribution is 5.89. The van der Waals surface area contributed by atoms with Crippen molar-refractivity contribution < 1.29 is 19.0 Å². The van der Waals surface area contributed by atoms with Crippen molar-refractivity contribution in [3.05, 3.63) is 70.8 Å². The van der Waals surface area contributed by atoms with Crippen LogP contribution in [0.1, 0.15) is 40.3 Å². The first-order valence-electron chi connectivity index (χ1n) is 7.62. The third kappa shape index (κ3) is 4.69. The first-order valence-corrected chi connectivity index (χ1v) is 7.62. The second kappa shape index (κ2) is 8.88. The second-order valence-electron chi connectivity index (χ2n) is 4.97. The highest BCUT2D eigenvalue weighted by Crippen LogP contribution is 2.17. The molecular formula is C20H20O4. The van der Waals surface area contributed by atoms with Crippen molar-refractivity contribution >= 4 is 5.97 Å². The van der Waals surface area contributed by atoms with E-state index in [4.69, 9.17) is 14.2 Å². The number of methoxy groups -OCH3 is 2. The number of hydrogen-bond donors (Lipinski definition) is 0. The van der Waals surface area contributed by atoms with E-state index in [1.165, 1.54) is 0 Å². The van der Waals surface area contributed by atoms with Gasteiger partial charge in [-0.2, -0.15) is 0 Å². The molecular weight excluding hydrogens is 304 g/mol. The van der Waals surface area contributed by atoms with Crippen molar-refractivity contribution in [2.45, 2.75) is 13.2 Å². The van der Waals surface area contributed by atoms with Crippen LogP contribution in [0.4, 0.5) is 0 Å². The lowest BCUT2D eigenvalue weighted by Gasteiger charge is -2.13. The summed E-state index contributed by atoms with van der Waals surface area (Å²) in [5.74, 6) is 5.84. The second-order valence-corrected chi connectivity index (χ2v) is 4.97. The Hall–Kier alpha value is -2.61. The standard InChI is InChI=1S/C20H20O4/c1-4-24-19(21)17-11-7-15(8-12-17)5-6-16-9-13-18(14-10-16)20(22-2)23-3/h7-14,20H,4H2,1-3H3. The lowest BCUT2D eigenvalue weighted by Crippen LogP contribution is -2.04. The van der Waals surface area contributed by atoms with Crippen LogP contribution in [0.15, 0.2) is 48.5 Å². The Morgan fingerprint density at radius 1 is 0.917 bits per heavy atom. The van der Waals surface area contributed by atoms with Crippen molar-refractivity contribution in [3.8, 4) is 11.8 Å². The van der Waals surface area contributed by atoms with Gasteiger partial charge in [-0.05, 0) is 43.3 Å². The van der Waals surface area contributed by atoms with E-state index in [1.54, 1.807) is 45.4 Å². The predicted octanol–water partition coefficient (Wildman–Crippen LogP) is 3.55. The number of carbonyl (C=O) groups excluding carboxylic acids is 1. The van der Waals surface area contributed by atoms with Gasteiger partial charge in [-0.25, -0.2) is 4.79 Å². The number of carbonyl (C=O) groups is 1. The minimum Gasteiger partial charge on any atom is -0.462 e. The summed E-state index contributed by atoms with van der Waals surface area (Å²) in [6.07, 6.45) is -0.373. The predicted molar refractivity (Wildman–Crippen MR) is 91.6 cm³/mol. The molecule has 0 N–H and O–H groups in total. The summed E-state index contributed by atoms with van der Waals surface area (Å²) in [5.41, 5.74) is 3.18. The topological polar surface area (TPSA) is 44.8 Å². The average Bonchev–Trinajstić information content (AvgIpc) is 2.63. The summed E-state index contributed by atoms with van der Waals surface area (Å²) in [5, 5.41) is 0. The van der Waals surface area contributed by atoms with Crippen LogP contribution in [-0.2, 0) is 14.2 Å². The molecule has 0 bridgehead atoms. The normalized spacial score (nSPS) is 10.2. The SMILES string of the molecule is CCOC(=O)c1ccc(C#Cc2ccc(C(OC)OC)cc2)cc1. The van der Waals surface area contributed by atoms with Crippen LogP contribution >= 0.6 is 0 Å². The van der Waals surface area contributed by atoms with Crippen molar-refractivity contribution in [2.24, 2.45) is 0 Å². The molecule has 0 amide bonds.